The number of rotatable bonds is 6. The van der Waals surface area contributed by atoms with Crippen molar-refractivity contribution in [2.45, 2.75) is 6.54 Å². The van der Waals surface area contributed by atoms with Crippen molar-refractivity contribution in [3.63, 3.8) is 0 Å². The molecule has 0 bridgehead atoms. The zero-order chi connectivity index (χ0) is 20.1. The van der Waals surface area contributed by atoms with Crippen LogP contribution in [0.5, 0.6) is 0 Å². The van der Waals surface area contributed by atoms with Gasteiger partial charge in [0.1, 0.15) is 0 Å². The minimum atomic E-state index is -3.34. The van der Waals surface area contributed by atoms with Crippen LogP contribution in [0.3, 0.4) is 0 Å². The topological polar surface area (TPSA) is 100 Å². The maximum atomic E-state index is 11.7. The summed E-state index contributed by atoms with van der Waals surface area (Å²) in [6.45, 7) is 0.259. The van der Waals surface area contributed by atoms with E-state index in [9.17, 15) is 8.42 Å². The summed E-state index contributed by atoms with van der Waals surface area (Å²) in [5.41, 5.74) is 2.05. The molecule has 0 spiro atoms. The van der Waals surface area contributed by atoms with E-state index in [1.165, 1.54) is 11.4 Å². The molecule has 0 saturated carbocycles. The van der Waals surface area contributed by atoms with Crippen LogP contribution in [-0.2, 0) is 16.6 Å². The number of benzene rings is 2. The predicted molar refractivity (Wildman–Crippen MR) is 112 cm³/mol. The summed E-state index contributed by atoms with van der Waals surface area (Å²) < 4.78 is 29.8. The lowest BCUT2D eigenvalue weighted by atomic mass is 10.2. The van der Waals surface area contributed by atoms with E-state index in [0.29, 0.717) is 28.2 Å². The molecule has 1 heterocycles. The van der Waals surface area contributed by atoms with Crippen molar-refractivity contribution >= 4 is 38.7 Å². The van der Waals surface area contributed by atoms with Gasteiger partial charge < -0.3 is 15.2 Å². The first-order valence-corrected chi connectivity index (χ1v) is 10.6. The van der Waals surface area contributed by atoms with Crippen molar-refractivity contribution in [2.75, 3.05) is 22.9 Å². The van der Waals surface area contributed by atoms with Crippen LogP contribution in [0.15, 0.2) is 59.1 Å². The van der Waals surface area contributed by atoms with E-state index in [1.807, 2.05) is 30.3 Å². The molecule has 0 aliphatic rings. The maximum Gasteiger partial charge on any atom is 0.246 e. The van der Waals surface area contributed by atoms with Gasteiger partial charge >= 0.3 is 0 Å². The second-order valence-electron chi connectivity index (χ2n) is 5.97. The van der Waals surface area contributed by atoms with Crippen molar-refractivity contribution in [1.82, 2.24) is 15.5 Å². The molecule has 10 heteroatoms. The minimum absolute atomic E-state index is 0.259. The molecule has 0 unspecified atom stereocenters. The molecular weight excluding hydrogens is 398 g/mol. The molecule has 0 atom stereocenters. The summed E-state index contributed by atoms with van der Waals surface area (Å²) in [6, 6.07) is 16.4. The third kappa shape index (κ3) is 5.05. The molecule has 1 aromatic heterocycles. The predicted octanol–water partition coefficient (Wildman–Crippen LogP) is 2.62. The van der Waals surface area contributed by atoms with Gasteiger partial charge in [-0.15, -0.1) is 0 Å². The molecule has 28 heavy (non-hydrogen) atoms. The molecule has 0 aliphatic carbocycles. The Morgan fingerprint density at radius 3 is 2.64 bits per heavy atom. The Labute approximate surface area is 168 Å². The lowest BCUT2D eigenvalue weighted by molar-refractivity contribution is 0.376. The first-order valence-electron chi connectivity index (χ1n) is 8.30. The Hall–Kier alpha value is -2.98. The van der Waals surface area contributed by atoms with Gasteiger partial charge in [-0.3, -0.25) is 4.31 Å². The molecule has 0 amide bonds. The van der Waals surface area contributed by atoms with Crippen LogP contribution < -0.4 is 14.9 Å². The molecule has 8 nitrogen and oxygen atoms in total. The lowest BCUT2D eigenvalue weighted by Crippen LogP contribution is -2.28. The van der Waals surface area contributed by atoms with Crippen molar-refractivity contribution in [1.29, 1.82) is 0 Å². The quantitative estimate of drug-likeness (QED) is 0.591. The molecule has 0 radical (unpaired) electrons. The van der Waals surface area contributed by atoms with E-state index in [4.69, 9.17) is 16.7 Å². The van der Waals surface area contributed by atoms with Crippen LogP contribution in [0.4, 0.5) is 11.4 Å². The van der Waals surface area contributed by atoms with Crippen molar-refractivity contribution in [2.24, 2.45) is 0 Å². The molecule has 3 aromatic rings. The molecule has 3 rings (SSSR count). The Morgan fingerprint density at radius 1 is 1.18 bits per heavy atom. The van der Waals surface area contributed by atoms with Crippen molar-refractivity contribution in [3.05, 3.63) is 60.5 Å². The monoisotopic (exact) mass is 417 g/mol. The van der Waals surface area contributed by atoms with Crippen LogP contribution in [0, 0.1) is 0 Å². The molecule has 146 valence electrons. The van der Waals surface area contributed by atoms with Gasteiger partial charge in [0, 0.05) is 18.3 Å². The van der Waals surface area contributed by atoms with Crippen molar-refractivity contribution in [3.8, 4) is 11.4 Å². The van der Waals surface area contributed by atoms with Crippen LogP contribution in [-0.4, -0.2) is 37.0 Å². The van der Waals surface area contributed by atoms with Crippen LogP contribution in [0.1, 0.15) is 5.89 Å². The Bertz CT molecular complexity index is 1070. The van der Waals surface area contributed by atoms with E-state index in [0.717, 1.165) is 11.8 Å². The summed E-state index contributed by atoms with van der Waals surface area (Å²) in [4.78, 5) is 4.32. The maximum absolute atomic E-state index is 11.7. The zero-order valence-electron chi connectivity index (χ0n) is 15.3. The molecule has 0 fully saturated rings. The van der Waals surface area contributed by atoms with Gasteiger partial charge in [0.15, 0.2) is 5.11 Å². The Kier molecular flexibility index (Phi) is 5.90. The van der Waals surface area contributed by atoms with Crippen LogP contribution in [0.2, 0.25) is 0 Å². The molecule has 2 aromatic carbocycles. The smallest absolute Gasteiger partial charge is 0.246 e. The third-order valence-electron chi connectivity index (χ3n) is 3.87. The number of nitrogens with zero attached hydrogens (tertiary/aromatic N) is 3. The van der Waals surface area contributed by atoms with Gasteiger partial charge in [0.05, 0.1) is 18.5 Å². The van der Waals surface area contributed by atoms with E-state index < -0.39 is 10.0 Å². The van der Waals surface area contributed by atoms with E-state index in [1.54, 1.807) is 24.3 Å². The largest absolute Gasteiger partial charge is 0.353 e. The highest BCUT2D eigenvalue weighted by molar-refractivity contribution is 7.92. The summed E-state index contributed by atoms with van der Waals surface area (Å²) in [5, 5.41) is 10.3. The fraction of sp³-hybridized carbons (Fsp3) is 0.167. The first-order chi connectivity index (χ1) is 13.3. The van der Waals surface area contributed by atoms with E-state index in [2.05, 4.69) is 20.8 Å². The number of anilines is 2. The average Bonchev–Trinajstić information content (AvgIpc) is 3.15. The van der Waals surface area contributed by atoms with Gasteiger partial charge in [-0.2, -0.15) is 4.98 Å². The zero-order valence-corrected chi connectivity index (χ0v) is 16.9. The number of sulfonamides is 1. The summed E-state index contributed by atoms with van der Waals surface area (Å²) in [5.74, 6) is 0.904. The number of hydrogen-bond acceptors (Lipinski definition) is 6. The van der Waals surface area contributed by atoms with Crippen LogP contribution in [0.25, 0.3) is 11.4 Å². The second kappa shape index (κ2) is 8.36. The lowest BCUT2D eigenvalue weighted by Gasteiger charge is -2.18. The molecule has 0 saturated heterocycles. The summed E-state index contributed by atoms with van der Waals surface area (Å²) >= 11 is 5.27. The molecule has 2 N–H and O–H groups in total. The fourth-order valence-electron chi connectivity index (χ4n) is 2.33. The number of nitrogens with one attached hydrogen (secondary N) is 2. The minimum Gasteiger partial charge on any atom is -0.353 e. The third-order valence-corrected chi connectivity index (χ3v) is 5.32. The van der Waals surface area contributed by atoms with E-state index in [-0.39, 0.29) is 6.54 Å². The Morgan fingerprint density at radius 2 is 1.93 bits per heavy atom. The van der Waals surface area contributed by atoms with Crippen molar-refractivity contribution < 1.29 is 12.9 Å². The highest BCUT2D eigenvalue weighted by Gasteiger charge is 2.12. The fourth-order valence-corrected chi connectivity index (χ4v) is 3.02. The van der Waals surface area contributed by atoms with Gasteiger partial charge in [-0.25, -0.2) is 8.42 Å². The molecule has 0 aliphatic heterocycles. The summed E-state index contributed by atoms with van der Waals surface area (Å²) in [7, 11) is -1.85. The first kappa shape index (κ1) is 19.8. The Balaban J connectivity index is 1.59. The SMILES string of the molecule is CN(c1cccc(NC(=S)NCc2nc(-c3ccccc3)no2)c1)S(C)(=O)=O. The standard InChI is InChI=1S/C18H19N5O3S2/c1-23(28(2,24)25)15-10-6-9-14(11-15)20-18(27)19-12-16-21-17(22-26-16)13-7-4-3-5-8-13/h3-11H,12H2,1-2H3,(H2,19,20,27). The summed E-state index contributed by atoms with van der Waals surface area (Å²) in [6.07, 6.45) is 1.15. The number of aromatic nitrogens is 2. The second-order valence-corrected chi connectivity index (χ2v) is 8.39. The van der Waals surface area contributed by atoms with Gasteiger partial charge in [0.25, 0.3) is 0 Å². The molecular formula is C18H19N5O3S2. The highest BCUT2D eigenvalue weighted by Crippen LogP contribution is 2.20. The van der Waals surface area contributed by atoms with Gasteiger partial charge in [-0.1, -0.05) is 41.6 Å². The highest BCUT2D eigenvalue weighted by atomic mass is 32.2. The normalized spacial score (nSPS) is 11.1. The van der Waals surface area contributed by atoms with Crippen LogP contribution >= 0.6 is 12.2 Å². The van der Waals surface area contributed by atoms with Gasteiger partial charge in [-0.05, 0) is 30.4 Å². The number of thiocarbonyl (C=S) groups is 1. The van der Waals surface area contributed by atoms with Gasteiger partial charge in [0.2, 0.25) is 21.7 Å². The van der Waals surface area contributed by atoms with E-state index >= 15 is 0 Å². The number of hydrogen-bond donors (Lipinski definition) is 2. The average molecular weight is 418 g/mol.